The van der Waals surface area contributed by atoms with E-state index in [4.69, 9.17) is 20.8 Å². The molecule has 1 fully saturated rings. The molecule has 9 nitrogen and oxygen atoms in total. The molecule has 0 radical (unpaired) electrons. The van der Waals surface area contributed by atoms with E-state index >= 15 is 0 Å². The van der Waals surface area contributed by atoms with Crippen molar-refractivity contribution in [3.05, 3.63) is 57.3 Å². The van der Waals surface area contributed by atoms with Gasteiger partial charge in [-0.1, -0.05) is 17.7 Å². The first kappa shape index (κ1) is 20.9. The number of anilines is 1. The Morgan fingerprint density at radius 1 is 1.23 bits per heavy atom. The van der Waals surface area contributed by atoms with E-state index in [0.29, 0.717) is 31.2 Å². The van der Waals surface area contributed by atoms with Crippen molar-refractivity contribution in [3.8, 4) is 0 Å². The maximum absolute atomic E-state index is 12.6. The third kappa shape index (κ3) is 4.13. The highest BCUT2D eigenvalue weighted by Gasteiger charge is 2.26. The first-order valence-electron chi connectivity index (χ1n) is 9.75. The van der Waals surface area contributed by atoms with Gasteiger partial charge in [0.05, 0.1) is 0 Å². The summed E-state index contributed by atoms with van der Waals surface area (Å²) in [5, 5.41) is 0.713. The minimum atomic E-state index is -0.785. The standard InChI is InChI=1S/C21H21ClN4O5/c1-13-17(18-19(31-13)23-12-24(2)20(18)28)21(29)30-11-16(27)26-8-6-25(7-9-26)15-5-3-4-14(22)10-15/h3-5,10,12H,6-9,11H2,1-2H3. The second-order valence-electron chi connectivity index (χ2n) is 7.30. The van der Waals surface area contributed by atoms with Crippen molar-refractivity contribution in [1.29, 1.82) is 0 Å². The molecule has 0 atom stereocenters. The summed E-state index contributed by atoms with van der Waals surface area (Å²) < 4.78 is 11.9. The molecule has 0 aliphatic carbocycles. The van der Waals surface area contributed by atoms with E-state index in [2.05, 4.69) is 9.88 Å². The van der Waals surface area contributed by atoms with Gasteiger partial charge in [-0.15, -0.1) is 0 Å². The van der Waals surface area contributed by atoms with E-state index in [-0.39, 0.29) is 28.3 Å². The first-order chi connectivity index (χ1) is 14.8. The largest absolute Gasteiger partial charge is 0.452 e. The monoisotopic (exact) mass is 444 g/mol. The second-order valence-corrected chi connectivity index (χ2v) is 7.73. The van der Waals surface area contributed by atoms with Gasteiger partial charge in [0, 0.05) is 43.9 Å². The lowest BCUT2D eigenvalue weighted by molar-refractivity contribution is -0.134. The Kier molecular flexibility index (Phi) is 5.69. The zero-order chi connectivity index (χ0) is 22.1. The van der Waals surface area contributed by atoms with Crippen LogP contribution in [0.3, 0.4) is 0 Å². The minimum Gasteiger partial charge on any atom is -0.452 e. The van der Waals surface area contributed by atoms with Gasteiger partial charge >= 0.3 is 5.97 Å². The van der Waals surface area contributed by atoms with E-state index in [0.717, 1.165) is 5.69 Å². The summed E-state index contributed by atoms with van der Waals surface area (Å²) in [6.45, 7) is 3.43. The molecule has 3 heterocycles. The van der Waals surface area contributed by atoms with Crippen molar-refractivity contribution in [2.24, 2.45) is 7.05 Å². The van der Waals surface area contributed by atoms with Gasteiger partial charge in [0.2, 0.25) is 5.71 Å². The summed E-state index contributed by atoms with van der Waals surface area (Å²) in [5.74, 6) is -0.860. The third-order valence-electron chi connectivity index (χ3n) is 5.28. The fourth-order valence-corrected chi connectivity index (χ4v) is 3.80. The van der Waals surface area contributed by atoms with Crippen LogP contribution in [-0.2, 0) is 16.6 Å². The van der Waals surface area contributed by atoms with Crippen molar-refractivity contribution < 1.29 is 18.7 Å². The van der Waals surface area contributed by atoms with Crippen LogP contribution in [0, 0.1) is 6.92 Å². The maximum atomic E-state index is 12.6. The van der Waals surface area contributed by atoms with E-state index < -0.39 is 18.1 Å². The molecule has 31 heavy (non-hydrogen) atoms. The number of nitrogens with zero attached hydrogens (tertiary/aromatic N) is 4. The van der Waals surface area contributed by atoms with Crippen LogP contribution < -0.4 is 10.5 Å². The third-order valence-corrected chi connectivity index (χ3v) is 5.52. The van der Waals surface area contributed by atoms with Gasteiger partial charge in [0.15, 0.2) is 6.61 Å². The van der Waals surface area contributed by atoms with Crippen LogP contribution in [0.4, 0.5) is 5.69 Å². The quantitative estimate of drug-likeness (QED) is 0.567. The summed E-state index contributed by atoms with van der Waals surface area (Å²) in [4.78, 5) is 45.3. The number of hydrogen-bond acceptors (Lipinski definition) is 7. The molecule has 1 aromatic carbocycles. The molecule has 1 amide bonds. The summed E-state index contributed by atoms with van der Waals surface area (Å²) in [6.07, 6.45) is 1.31. The summed E-state index contributed by atoms with van der Waals surface area (Å²) >= 11 is 6.05. The van der Waals surface area contributed by atoms with Crippen LogP contribution in [0.25, 0.3) is 11.1 Å². The second kappa shape index (κ2) is 8.43. The molecule has 0 unspecified atom stereocenters. The number of fused-ring (bicyclic) bond motifs is 1. The predicted molar refractivity (Wildman–Crippen MR) is 115 cm³/mol. The van der Waals surface area contributed by atoms with E-state index in [1.165, 1.54) is 17.9 Å². The number of hydrogen-bond donors (Lipinski definition) is 0. The molecule has 4 rings (SSSR count). The van der Waals surface area contributed by atoms with Crippen molar-refractivity contribution in [2.75, 3.05) is 37.7 Å². The van der Waals surface area contributed by atoms with Crippen LogP contribution in [0.1, 0.15) is 16.1 Å². The molecule has 10 heteroatoms. The van der Waals surface area contributed by atoms with Crippen molar-refractivity contribution in [1.82, 2.24) is 14.5 Å². The molecule has 3 aromatic rings. The summed E-state index contributed by atoms with van der Waals surface area (Å²) in [5.41, 5.74) is 0.652. The number of benzene rings is 1. The fourth-order valence-electron chi connectivity index (χ4n) is 3.61. The van der Waals surface area contributed by atoms with E-state index in [1.807, 2.05) is 24.3 Å². The van der Waals surface area contributed by atoms with E-state index in [1.54, 1.807) is 11.8 Å². The van der Waals surface area contributed by atoms with Gasteiger partial charge in [-0.3, -0.25) is 9.59 Å². The van der Waals surface area contributed by atoms with Crippen molar-refractivity contribution >= 4 is 40.3 Å². The number of carbonyl (C=O) groups excluding carboxylic acids is 2. The highest BCUT2D eigenvalue weighted by molar-refractivity contribution is 6.30. The summed E-state index contributed by atoms with van der Waals surface area (Å²) in [6, 6.07) is 7.56. The predicted octanol–water partition coefficient (Wildman–Crippen LogP) is 1.99. The van der Waals surface area contributed by atoms with Crippen LogP contribution in [0.15, 0.2) is 39.8 Å². The number of furan rings is 1. The lowest BCUT2D eigenvalue weighted by Gasteiger charge is -2.36. The first-order valence-corrected chi connectivity index (χ1v) is 10.1. The Labute approximate surface area is 182 Å². The van der Waals surface area contributed by atoms with Gasteiger partial charge in [0.25, 0.3) is 11.5 Å². The van der Waals surface area contributed by atoms with Crippen LogP contribution >= 0.6 is 11.6 Å². The number of halogens is 1. The maximum Gasteiger partial charge on any atom is 0.343 e. The normalized spacial score (nSPS) is 14.2. The average molecular weight is 445 g/mol. The van der Waals surface area contributed by atoms with Crippen LogP contribution in [-0.4, -0.2) is 59.1 Å². The molecule has 1 aliphatic rings. The fraction of sp³-hybridized carbons (Fsp3) is 0.333. The molecular formula is C21H21ClN4O5. The minimum absolute atomic E-state index is 0.00211. The number of rotatable bonds is 4. The molecular weight excluding hydrogens is 424 g/mol. The van der Waals surface area contributed by atoms with Crippen LogP contribution in [0.2, 0.25) is 5.02 Å². The molecule has 1 saturated heterocycles. The number of ether oxygens (including phenoxy) is 1. The highest BCUT2D eigenvalue weighted by Crippen LogP contribution is 2.22. The van der Waals surface area contributed by atoms with Gasteiger partial charge in [-0.2, -0.15) is 0 Å². The smallest absolute Gasteiger partial charge is 0.343 e. The number of esters is 1. The Hall–Kier alpha value is -3.33. The number of aryl methyl sites for hydroxylation is 2. The van der Waals surface area contributed by atoms with Gasteiger partial charge in [-0.05, 0) is 25.1 Å². The number of piperazine rings is 1. The molecule has 162 valence electrons. The topological polar surface area (TPSA) is 97.9 Å². The number of amides is 1. The zero-order valence-electron chi connectivity index (χ0n) is 17.1. The molecule has 0 N–H and O–H groups in total. The Morgan fingerprint density at radius 3 is 2.68 bits per heavy atom. The SMILES string of the molecule is Cc1oc2ncn(C)c(=O)c2c1C(=O)OCC(=O)N1CCN(c2cccc(Cl)c2)CC1. The van der Waals surface area contributed by atoms with Crippen molar-refractivity contribution in [2.45, 2.75) is 6.92 Å². The van der Waals surface area contributed by atoms with Crippen molar-refractivity contribution in [3.63, 3.8) is 0 Å². The van der Waals surface area contributed by atoms with E-state index in [9.17, 15) is 14.4 Å². The molecule has 0 spiro atoms. The highest BCUT2D eigenvalue weighted by atomic mass is 35.5. The van der Waals surface area contributed by atoms with Gasteiger partial charge < -0.3 is 23.5 Å². The van der Waals surface area contributed by atoms with Crippen LogP contribution in [0.5, 0.6) is 0 Å². The van der Waals surface area contributed by atoms with Gasteiger partial charge in [0.1, 0.15) is 23.0 Å². The lowest BCUT2D eigenvalue weighted by Crippen LogP contribution is -2.49. The Morgan fingerprint density at radius 2 is 1.97 bits per heavy atom. The molecule has 2 aromatic heterocycles. The average Bonchev–Trinajstić information content (AvgIpc) is 3.11. The molecule has 0 bridgehead atoms. The molecule has 1 aliphatic heterocycles. The Bertz CT molecular complexity index is 1210. The number of carbonyl (C=O) groups is 2. The summed E-state index contributed by atoms with van der Waals surface area (Å²) in [7, 11) is 1.53. The molecule has 0 saturated carbocycles. The Balaban J connectivity index is 1.38. The van der Waals surface area contributed by atoms with Gasteiger partial charge in [-0.25, -0.2) is 9.78 Å². The lowest BCUT2D eigenvalue weighted by atomic mass is 10.2. The number of aromatic nitrogens is 2. The zero-order valence-corrected chi connectivity index (χ0v) is 17.9.